The molecule has 1 aromatic carbocycles. The van der Waals surface area contributed by atoms with E-state index in [-0.39, 0.29) is 17.0 Å². The Labute approximate surface area is 123 Å². The summed E-state index contributed by atoms with van der Waals surface area (Å²) in [5, 5.41) is 9.08. The zero-order chi connectivity index (χ0) is 15.5. The van der Waals surface area contributed by atoms with Crippen LogP contribution >= 0.6 is 0 Å². The van der Waals surface area contributed by atoms with Gasteiger partial charge in [-0.05, 0) is 35.9 Å². The number of anilines is 1. The number of nitrogen functional groups attached to an aromatic ring is 1. The van der Waals surface area contributed by atoms with Crippen molar-refractivity contribution >= 4 is 15.7 Å². The van der Waals surface area contributed by atoms with Crippen LogP contribution in [-0.4, -0.2) is 24.8 Å². The van der Waals surface area contributed by atoms with Gasteiger partial charge >= 0.3 is 0 Å². The van der Waals surface area contributed by atoms with Crippen LogP contribution in [-0.2, 0) is 16.6 Å². The van der Waals surface area contributed by atoms with E-state index < -0.39 is 10.0 Å². The highest BCUT2D eigenvalue weighted by Crippen LogP contribution is 2.22. The Morgan fingerprint density at radius 2 is 1.95 bits per heavy atom. The maximum Gasteiger partial charge on any atom is 0.244 e. The van der Waals surface area contributed by atoms with Crippen LogP contribution in [0, 0.1) is 11.3 Å². The second-order valence-corrected chi connectivity index (χ2v) is 6.50. The van der Waals surface area contributed by atoms with Crippen LogP contribution in [0.5, 0.6) is 0 Å². The van der Waals surface area contributed by atoms with E-state index in [0.717, 1.165) is 5.56 Å². The Balaban J connectivity index is 2.36. The molecule has 108 valence electrons. The maximum atomic E-state index is 12.5. The van der Waals surface area contributed by atoms with E-state index in [1.165, 1.54) is 29.6 Å². The average Bonchev–Trinajstić information content (AvgIpc) is 2.47. The van der Waals surface area contributed by atoms with Crippen LogP contribution in [0.25, 0.3) is 0 Å². The average molecular weight is 302 g/mol. The molecule has 2 aromatic rings. The maximum absolute atomic E-state index is 12.5. The first-order chi connectivity index (χ1) is 9.95. The molecule has 0 saturated heterocycles. The predicted molar refractivity (Wildman–Crippen MR) is 78.5 cm³/mol. The number of hydrogen-bond acceptors (Lipinski definition) is 5. The number of pyridine rings is 1. The van der Waals surface area contributed by atoms with Gasteiger partial charge in [0.2, 0.25) is 10.0 Å². The normalized spacial score (nSPS) is 11.3. The van der Waals surface area contributed by atoms with Crippen LogP contribution in [0.15, 0.2) is 47.6 Å². The zero-order valence-electron chi connectivity index (χ0n) is 11.4. The zero-order valence-corrected chi connectivity index (χ0v) is 12.2. The van der Waals surface area contributed by atoms with Gasteiger partial charge in [-0.3, -0.25) is 4.98 Å². The van der Waals surface area contributed by atoms with Gasteiger partial charge in [0.25, 0.3) is 0 Å². The number of hydrogen-bond donors (Lipinski definition) is 1. The second kappa shape index (κ2) is 5.91. The van der Waals surface area contributed by atoms with E-state index in [9.17, 15) is 8.42 Å². The highest BCUT2D eigenvalue weighted by molar-refractivity contribution is 7.89. The van der Waals surface area contributed by atoms with Crippen LogP contribution in [0.4, 0.5) is 5.69 Å². The van der Waals surface area contributed by atoms with E-state index in [1.54, 1.807) is 24.5 Å². The van der Waals surface area contributed by atoms with Crippen LogP contribution in [0.1, 0.15) is 11.1 Å². The molecule has 0 fully saturated rings. The van der Waals surface area contributed by atoms with Gasteiger partial charge in [0.05, 0.1) is 5.56 Å². The molecule has 0 aliphatic carbocycles. The fourth-order valence-electron chi connectivity index (χ4n) is 1.86. The van der Waals surface area contributed by atoms with Crippen molar-refractivity contribution < 1.29 is 8.42 Å². The number of benzene rings is 1. The molecule has 0 spiro atoms. The minimum atomic E-state index is -3.76. The highest BCUT2D eigenvalue weighted by Gasteiger charge is 2.24. The van der Waals surface area contributed by atoms with Gasteiger partial charge in [-0.2, -0.15) is 9.57 Å². The number of rotatable bonds is 4. The smallest absolute Gasteiger partial charge is 0.244 e. The SMILES string of the molecule is CN(Cc1ccncc1)S(=O)(=O)c1ccc(N)cc1C#N. The van der Waals surface area contributed by atoms with Gasteiger partial charge < -0.3 is 5.73 Å². The first kappa shape index (κ1) is 15.0. The van der Waals surface area contributed by atoms with Crippen LogP contribution < -0.4 is 5.73 Å². The molecule has 21 heavy (non-hydrogen) atoms. The molecule has 0 saturated carbocycles. The number of nitriles is 1. The first-order valence-electron chi connectivity index (χ1n) is 6.10. The third kappa shape index (κ3) is 3.18. The van der Waals surface area contributed by atoms with E-state index in [1.807, 2.05) is 6.07 Å². The van der Waals surface area contributed by atoms with Crippen molar-refractivity contribution in [2.75, 3.05) is 12.8 Å². The standard InChI is InChI=1S/C14H14N4O2S/c1-18(10-11-4-6-17-7-5-11)21(19,20)14-3-2-13(16)8-12(14)9-15/h2-8H,10,16H2,1H3. The van der Waals surface area contributed by atoms with E-state index in [0.29, 0.717) is 5.69 Å². The van der Waals surface area contributed by atoms with Crippen LogP contribution in [0.3, 0.4) is 0 Å². The molecule has 0 radical (unpaired) electrons. The summed E-state index contributed by atoms with van der Waals surface area (Å²) in [4.78, 5) is 3.84. The molecule has 2 rings (SSSR count). The quantitative estimate of drug-likeness (QED) is 0.859. The van der Waals surface area contributed by atoms with Crippen molar-refractivity contribution in [2.24, 2.45) is 0 Å². The van der Waals surface area contributed by atoms with Crippen LogP contribution in [0.2, 0.25) is 0 Å². The molecule has 7 heteroatoms. The third-order valence-electron chi connectivity index (χ3n) is 2.97. The number of nitrogens with two attached hydrogens (primary N) is 1. The molecule has 1 heterocycles. The van der Waals surface area contributed by atoms with Crippen molar-refractivity contribution in [3.8, 4) is 6.07 Å². The Morgan fingerprint density at radius 3 is 2.57 bits per heavy atom. The molecule has 0 aliphatic rings. The molecule has 0 atom stereocenters. The lowest BCUT2D eigenvalue weighted by molar-refractivity contribution is 0.466. The molecule has 2 N–H and O–H groups in total. The van der Waals surface area contributed by atoms with E-state index in [2.05, 4.69) is 4.98 Å². The fourth-order valence-corrected chi connectivity index (χ4v) is 3.14. The summed E-state index contributed by atoms with van der Waals surface area (Å²) in [6, 6.07) is 9.51. The fraction of sp³-hybridized carbons (Fsp3) is 0.143. The largest absolute Gasteiger partial charge is 0.399 e. The Bertz CT molecular complexity index is 782. The van der Waals surface area contributed by atoms with Gasteiger partial charge in [-0.15, -0.1) is 0 Å². The Kier molecular flexibility index (Phi) is 4.21. The van der Waals surface area contributed by atoms with Gasteiger partial charge in [-0.1, -0.05) is 0 Å². The lowest BCUT2D eigenvalue weighted by atomic mass is 10.2. The third-order valence-corrected chi connectivity index (χ3v) is 4.83. The Morgan fingerprint density at radius 1 is 1.29 bits per heavy atom. The topological polar surface area (TPSA) is 100 Å². The van der Waals surface area contributed by atoms with Gasteiger partial charge in [0.15, 0.2) is 0 Å². The summed E-state index contributed by atoms with van der Waals surface area (Å²) in [6.45, 7) is 0.195. The lowest BCUT2D eigenvalue weighted by Gasteiger charge is -2.18. The second-order valence-electron chi connectivity index (χ2n) is 4.48. The molecule has 0 aliphatic heterocycles. The number of aromatic nitrogens is 1. The first-order valence-corrected chi connectivity index (χ1v) is 7.54. The minimum Gasteiger partial charge on any atom is -0.399 e. The summed E-state index contributed by atoms with van der Waals surface area (Å²) >= 11 is 0. The van der Waals surface area contributed by atoms with E-state index in [4.69, 9.17) is 11.0 Å². The molecule has 0 bridgehead atoms. The van der Waals surface area contributed by atoms with Gasteiger partial charge in [0.1, 0.15) is 11.0 Å². The molecular weight excluding hydrogens is 288 g/mol. The summed E-state index contributed by atoms with van der Waals surface area (Å²) in [7, 11) is -2.30. The molecule has 1 aromatic heterocycles. The minimum absolute atomic E-state index is 0.0385. The van der Waals surface area contributed by atoms with Crippen molar-refractivity contribution in [2.45, 2.75) is 11.4 Å². The van der Waals surface area contributed by atoms with E-state index >= 15 is 0 Å². The summed E-state index contributed by atoms with van der Waals surface area (Å²) < 4.78 is 26.3. The van der Waals surface area contributed by atoms with Gasteiger partial charge in [-0.25, -0.2) is 8.42 Å². The summed E-state index contributed by atoms with van der Waals surface area (Å²) in [6.07, 6.45) is 3.19. The monoisotopic (exact) mass is 302 g/mol. The lowest BCUT2D eigenvalue weighted by Crippen LogP contribution is -2.27. The molecular formula is C14H14N4O2S. The van der Waals surface area contributed by atoms with Crippen molar-refractivity contribution in [3.63, 3.8) is 0 Å². The number of sulfonamides is 1. The van der Waals surface area contributed by atoms with Crippen molar-refractivity contribution in [1.82, 2.24) is 9.29 Å². The summed E-state index contributed by atoms with van der Waals surface area (Å²) in [5.41, 5.74) is 6.78. The molecule has 0 unspecified atom stereocenters. The van der Waals surface area contributed by atoms with Crippen molar-refractivity contribution in [1.29, 1.82) is 5.26 Å². The highest BCUT2D eigenvalue weighted by atomic mass is 32.2. The predicted octanol–water partition coefficient (Wildman–Crippen LogP) is 1.36. The van der Waals surface area contributed by atoms with Gasteiger partial charge in [0, 0.05) is 31.7 Å². The molecule has 0 amide bonds. The number of nitrogens with zero attached hydrogens (tertiary/aromatic N) is 3. The Hall–Kier alpha value is -2.43. The molecule has 6 nitrogen and oxygen atoms in total. The van der Waals surface area contributed by atoms with Crippen molar-refractivity contribution in [3.05, 3.63) is 53.9 Å². The summed E-state index contributed by atoms with van der Waals surface area (Å²) in [5.74, 6) is 0.